The molecule has 1 atom stereocenters. The van der Waals surface area contributed by atoms with Crippen molar-refractivity contribution in [2.75, 3.05) is 11.9 Å². The summed E-state index contributed by atoms with van der Waals surface area (Å²) >= 11 is 0. The molecule has 0 saturated carbocycles. The van der Waals surface area contributed by atoms with Gasteiger partial charge in [-0.2, -0.15) is 0 Å². The van der Waals surface area contributed by atoms with Crippen molar-refractivity contribution >= 4 is 28.4 Å². The lowest BCUT2D eigenvalue weighted by molar-refractivity contribution is -0.127. The van der Waals surface area contributed by atoms with Crippen LogP contribution in [0.3, 0.4) is 0 Å². The number of nitrogens with one attached hydrogen (secondary N) is 1. The van der Waals surface area contributed by atoms with Gasteiger partial charge in [-0.1, -0.05) is 48.5 Å². The lowest BCUT2D eigenvalue weighted by atomic mass is 10.0. The van der Waals surface area contributed by atoms with Crippen molar-refractivity contribution in [2.45, 2.75) is 39.3 Å². The molecule has 0 aliphatic rings. The minimum atomic E-state index is -0.764. The number of para-hydroxylation sites is 1. The van der Waals surface area contributed by atoms with Crippen molar-refractivity contribution in [3.63, 3.8) is 0 Å². The first-order chi connectivity index (χ1) is 16.9. The zero-order valence-corrected chi connectivity index (χ0v) is 20.3. The van der Waals surface area contributed by atoms with E-state index in [1.54, 1.807) is 19.2 Å². The molecule has 35 heavy (non-hydrogen) atoms. The van der Waals surface area contributed by atoms with E-state index in [0.717, 1.165) is 34.3 Å². The number of carbonyl (C=O) groups excluding carboxylic acids is 2. The van der Waals surface area contributed by atoms with E-state index in [-0.39, 0.29) is 24.1 Å². The van der Waals surface area contributed by atoms with Crippen molar-refractivity contribution in [1.82, 2.24) is 9.88 Å². The van der Waals surface area contributed by atoms with E-state index in [0.29, 0.717) is 12.1 Å². The van der Waals surface area contributed by atoms with Gasteiger partial charge in [-0.05, 0) is 55.3 Å². The van der Waals surface area contributed by atoms with Gasteiger partial charge < -0.3 is 14.8 Å². The van der Waals surface area contributed by atoms with E-state index in [9.17, 15) is 14.0 Å². The van der Waals surface area contributed by atoms with Crippen LogP contribution in [0.5, 0.6) is 0 Å². The number of rotatable bonds is 8. The number of aryl methyl sites for hydroxylation is 1. The average Bonchev–Trinajstić information content (AvgIpc) is 3.14. The maximum absolute atomic E-state index is 13.5. The normalized spacial score (nSPS) is 11.9. The van der Waals surface area contributed by atoms with Gasteiger partial charge in [0.2, 0.25) is 11.8 Å². The van der Waals surface area contributed by atoms with Crippen LogP contribution in [-0.2, 0) is 29.0 Å². The Kier molecular flexibility index (Phi) is 7.30. The lowest BCUT2D eigenvalue weighted by Crippen LogP contribution is -2.49. The van der Waals surface area contributed by atoms with Crippen molar-refractivity contribution < 1.29 is 14.0 Å². The highest BCUT2D eigenvalue weighted by atomic mass is 19.1. The van der Waals surface area contributed by atoms with Gasteiger partial charge in [0.05, 0.1) is 6.42 Å². The molecule has 0 aliphatic heterocycles. The fourth-order valence-corrected chi connectivity index (χ4v) is 4.61. The number of carbonyl (C=O) groups is 2. The van der Waals surface area contributed by atoms with Crippen LogP contribution in [0.1, 0.15) is 23.7 Å². The summed E-state index contributed by atoms with van der Waals surface area (Å²) in [5, 5.41) is 4.03. The maximum Gasteiger partial charge on any atom is 0.249 e. The first-order valence-corrected chi connectivity index (χ1v) is 11.8. The van der Waals surface area contributed by atoms with E-state index in [2.05, 4.69) is 22.9 Å². The predicted octanol–water partition coefficient (Wildman–Crippen LogP) is 5.04. The number of benzene rings is 3. The van der Waals surface area contributed by atoms with Crippen molar-refractivity contribution in [1.29, 1.82) is 0 Å². The van der Waals surface area contributed by atoms with Gasteiger partial charge in [0.1, 0.15) is 11.9 Å². The number of nitrogens with zero attached hydrogens (tertiary/aromatic N) is 2. The van der Waals surface area contributed by atoms with Crippen LogP contribution in [0.25, 0.3) is 10.9 Å². The smallest absolute Gasteiger partial charge is 0.249 e. The van der Waals surface area contributed by atoms with Crippen molar-refractivity contribution in [3.8, 4) is 0 Å². The summed E-state index contributed by atoms with van der Waals surface area (Å²) in [4.78, 5) is 28.2. The van der Waals surface area contributed by atoms with Crippen LogP contribution < -0.4 is 10.2 Å². The summed E-state index contributed by atoms with van der Waals surface area (Å²) in [5.74, 6) is -0.847. The zero-order valence-electron chi connectivity index (χ0n) is 20.3. The SMILES string of the molecule is CCn1c(C)c(CC(=O)N[C@@H](Cc2ccccc2)C(=O)N(C)c2ccc(F)cc2)c2ccccc21. The molecule has 1 aromatic heterocycles. The molecule has 0 spiro atoms. The number of fused-ring (bicyclic) bond motifs is 1. The minimum absolute atomic E-state index is 0.179. The standard InChI is InChI=1S/C29H30FN3O2/c1-4-33-20(2)25(24-12-8-9-13-27(24)33)19-28(34)31-26(18-21-10-6-5-7-11-21)29(35)32(3)23-16-14-22(30)15-17-23/h5-17,26H,4,18-19H2,1-3H3,(H,31,34)/t26-/m0/s1. The average molecular weight is 472 g/mol. The molecule has 2 amide bonds. The number of amides is 2. The molecule has 0 aliphatic carbocycles. The van der Waals surface area contributed by atoms with Crippen LogP contribution >= 0.6 is 0 Å². The highest BCUT2D eigenvalue weighted by Gasteiger charge is 2.26. The Morgan fingerprint density at radius 1 is 0.971 bits per heavy atom. The fraction of sp³-hybridized carbons (Fsp3) is 0.241. The minimum Gasteiger partial charge on any atom is -0.345 e. The molecule has 1 heterocycles. The largest absolute Gasteiger partial charge is 0.345 e. The quantitative estimate of drug-likeness (QED) is 0.391. The van der Waals surface area contributed by atoms with Gasteiger partial charge in [-0.3, -0.25) is 9.59 Å². The summed E-state index contributed by atoms with van der Waals surface area (Å²) in [5.41, 5.74) is 4.63. The molecule has 1 N–H and O–H groups in total. The molecule has 3 aromatic carbocycles. The van der Waals surface area contributed by atoms with Crippen LogP contribution in [0.2, 0.25) is 0 Å². The summed E-state index contributed by atoms with van der Waals surface area (Å²) in [6, 6.07) is 22.6. The molecule has 4 aromatic rings. The first-order valence-electron chi connectivity index (χ1n) is 11.8. The van der Waals surface area contributed by atoms with Gasteiger partial charge in [-0.15, -0.1) is 0 Å². The van der Waals surface area contributed by atoms with E-state index >= 15 is 0 Å². The molecule has 5 nitrogen and oxygen atoms in total. The van der Waals surface area contributed by atoms with Gasteiger partial charge in [0, 0.05) is 42.3 Å². The Morgan fingerprint density at radius 3 is 2.31 bits per heavy atom. The summed E-state index contributed by atoms with van der Waals surface area (Å²) in [6.07, 6.45) is 0.533. The highest BCUT2D eigenvalue weighted by molar-refractivity contribution is 5.99. The van der Waals surface area contributed by atoms with Crippen molar-refractivity contribution in [3.05, 3.63) is 102 Å². The van der Waals surface area contributed by atoms with Gasteiger partial charge >= 0.3 is 0 Å². The third-order valence-corrected chi connectivity index (χ3v) is 6.48. The van der Waals surface area contributed by atoms with E-state index < -0.39 is 6.04 Å². The number of anilines is 1. The van der Waals surface area contributed by atoms with E-state index in [1.807, 2.05) is 55.5 Å². The number of hydrogen-bond donors (Lipinski definition) is 1. The number of likely N-dealkylation sites (N-methyl/N-ethyl adjacent to an activating group) is 1. The Hall–Kier alpha value is -3.93. The molecule has 0 unspecified atom stereocenters. The molecule has 0 fully saturated rings. The molecule has 0 saturated heterocycles. The summed E-state index contributed by atoms with van der Waals surface area (Å²) < 4.78 is 15.6. The fourth-order valence-electron chi connectivity index (χ4n) is 4.61. The Morgan fingerprint density at radius 2 is 1.63 bits per heavy atom. The second-order valence-electron chi connectivity index (χ2n) is 8.69. The highest BCUT2D eigenvalue weighted by Crippen LogP contribution is 2.26. The Labute approximate surface area is 205 Å². The topological polar surface area (TPSA) is 54.3 Å². The third-order valence-electron chi connectivity index (χ3n) is 6.48. The van der Waals surface area contributed by atoms with Crippen LogP contribution in [-0.4, -0.2) is 29.5 Å². The number of hydrogen-bond acceptors (Lipinski definition) is 2. The maximum atomic E-state index is 13.5. The summed E-state index contributed by atoms with van der Waals surface area (Å²) in [7, 11) is 1.64. The molecular weight excluding hydrogens is 441 g/mol. The third kappa shape index (κ3) is 5.27. The molecule has 0 radical (unpaired) electrons. The molecular formula is C29H30FN3O2. The predicted molar refractivity (Wildman–Crippen MR) is 138 cm³/mol. The van der Waals surface area contributed by atoms with E-state index in [1.165, 1.54) is 17.0 Å². The number of halogens is 1. The molecule has 6 heteroatoms. The molecule has 0 bridgehead atoms. The van der Waals surface area contributed by atoms with Crippen LogP contribution in [0.4, 0.5) is 10.1 Å². The van der Waals surface area contributed by atoms with Crippen molar-refractivity contribution in [2.24, 2.45) is 0 Å². The van der Waals surface area contributed by atoms with Crippen LogP contribution in [0.15, 0.2) is 78.9 Å². The number of aromatic nitrogens is 1. The molecule has 4 rings (SSSR count). The monoisotopic (exact) mass is 471 g/mol. The Balaban J connectivity index is 1.59. The second kappa shape index (κ2) is 10.6. The first kappa shape index (κ1) is 24.2. The van der Waals surface area contributed by atoms with Crippen LogP contribution in [0, 0.1) is 12.7 Å². The Bertz CT molecular complexity index is 1330. The zero-order chi connectivity index (χ0) is 24.9. The molecule has 180 valence electrons. The van der Waals surface area contributed by atoms with E-state index in [4.69, 9.17) is 0 Å². The van der Waals surface area contributed by atoms with Gasteiger partial charge in [-0.25, -0.2) is 4.39 Å². The summed E-state index contributed by atoms with van der Waals surface area (Å²) in [6.45, 7) is 4.93. The second-order valence-corrected chi connectivity index (χ2v) is 8.69. The van der Waals surface area contributed by atoms with Gasteiger partial charge in [0.15, 0.2) is 0 Å². The van der Waals surface area contributed by atoms with Gasteiger partial charge in [0.25, 0.3) is 0 Å². The lowest BCUT2D eigenvalue weighted by Gasteiger charge is -2.25.